The molecule has 0 fully saturated rings. The van der Waals surface area contributed by atoms with E-state index in [2.05, 4.69) is 4.72 Å². The predicted octanol–water partition coefficient (Wildman–Crippen LogP) is -0.325. The number of thiocyanates is 1. The van der Waals surface area contributed by atoms with Gasteiger partial charge in [0.25, 0.3) is 0 Å². The number of nitrogens with two attached hydrogens (primary N) is 1. The van der Waals surface area contributed by atoms with Gasteiger partial charge in [0.05, 0.1) is 11.9 Å². The van der Waals surface area contributed by atoms with Crippen LogP contribution >= 0.6 is 11.9 Å². The average Bonchev–Trinajstić information content (AvgIpc) is 1.61. The molecule has 0 aromatic rings. The summed E-state index contributed by atoms with van der Waals surface area (Å²) >= 11 is 0.722. The molecule has 0 aliphatic rings. The van der Waals surface area contributed by atoms with E-state index in [0.717, 1.165) is 11.9 Å². The maximum atomic E-state index is 7.81. The van der Waals surface area contributed by atoms with Gasteiger partial charge in [0, 0.05) is 68.9 Å². The normalized spacial score (nSPS) is 4.27. The second kappa shape index (κ2) is 22.4. The van der Waals surface area contributed by atoms with Gasteiger partial charge in [-0.25, -0.2) is 0 Å². The number of rotatable bonds is 1. The van der Waals surface area contributed by atoms with E-state index in [0.29, 0.717) is 0 Å². The maximum absolute atomic E-state index is 7.81. The number of hydrogen-bond donors (Lipinski definition) is 3. The minimum Gasteiger partial charge on any atom is -0.369 e. The van der Waals surface area contributed by atoms with E-state index in [1.54, 1.807) is 5.40 Å². The summed E-state index contributed by atoms with van der Waals surface area (Å²) in [6.07, 6.45) is 0. The summed E-state index contributed by atoms with van der Waals surface area (Å²) in [6.45, 7) is 0. The molecule has 0 saturated heterocycles. The zero-order valence-electron chi connectivity index (χ0n) is 5.66. The molecule has 1 radical (unpaired) electrons. The van der Waals surface area contributed by atoms with Crippen LogP contribution in [0.4, 0.5) is 14.1 Å². The van der Waals surface area contributed by atoms with Crippen LogP contribution in [0.2, 0.25) is 0 Å². The molecule has 0 aliphatic heterocycles. The van der Waals surface area contributed by atoms with Gasteiger partial charge in [0.2, 0.25) is 0 Å². The Hall–Kier alpha value is 0.952. The minimum atomic E-state index is -0.202. The number of nitrogens with zero attached hydrogens (tertiary/aromatic N) is 1. The molecule has 0 saturated carbocycles. The molecule has 0 rings (SSSR count). The van der Waals surface area contributed by atoms with Crippen molar-refractivity contribution < 1.29 is 14.1 Å². The summed E-state index contributed by atoms with van der Waals surface area (Å²) < 4.78 is 2.21. The first-order chi connectivity index (χ1) is 3.27. The standard InChI is InChI=1S/C2H4N4S.Cs.3FH/c3-1-7-6-2(4)5;;;;/h(H4,4,5,6);;3*1H. The van der Waals surface area contributed by atoms with E-state index in [9.17, 15) is 0 Å². The van der Waals surface area contributed by atoms with Crippen molar-refractivity contribution in [2.75, 3.05) is 0 Å². The van der Waals surface area contributed by atoms with E-state index in [1.165, 1.54) is 0 Å². The molecule has 9 heteroatoms. The summed E-state index contributed by atoms with van der Waals surface area (Å²) in [5.74, 6) is -0.202. The van der Waals surface area contributed by atoms with Crippen molar-refractivity contribution in [2.24, 2.45) is 5.73 Å². The number of hydrogen-bond acceptors (Lipinski definition) is 3. The van der Waals surface area contributed by atoms with Gasteiger partial charge < -0.3 is 5.73 Å². The van der Waals surface area contributed by atoms with E-state index in [-0.39, 0.29) is 89.0 Å². The molecule has 4 N–H and O–H groups in total. The van der Waals surface area contributed by atoms with Crippen molar-refractivity contribution in [3.63, 3.8) is 0 Å². The second-order valence-corrected chi connectivity index (χ2v) is 1.30. The fourth-order valence-electron chi connectivity index (χ4n) is 0.0778. The third-order valence-electron chi connectivity index (χ3n) is 0.207. The third-order valence-corrected chi connectivity index (χ3v) is 0.620. The van der Waals surface area contributed by atoms with Crippen molar-refractivity contribution >= 4 is 86.8 Å². The van der Waals surface area contributed by atoms with Crippen LogP contribution in [0.25, 0.3) is 0 Å². The largest absolute Gasteiger partial charge is 0.369 e. The van der Waals surface area contributed by atoms with Crippen LogP contribution in [0.15, 0.2) is 0 Å². The minimum absolute atomic E-state index is 0. The van der Waals surface area contributed by atoms with Crippen LogP contribution in [0, 0.1) is 16.1 Å². The van der Waals surface area contributed by atoms with Crippen molar-refractivity contribution in [1.82, 2.24) is 4.72 Å². The summed E-state index contributed by atoms with van der Waals surface area (Å²) in [7, 11) is 0. The average molecular weight is 309 g/mol. The zero-order chi connectivity index (χ0) is 5.70. The first kappa shape index (κ1) is 29.7. The Labute approximate surface area is 125 Å². The fraction of sp³-hybridized carbons (Fsp3) is 0. The maximum Gasteiger partial charge on any atom is 0.196 e. The Morgan fingerprint density at radius 2 is 1.82 bits per heavy atom. The molecule has 0 spiro atoms. The fourth-order valence-corrected chi connectivity index (χ4v) is 0.233. The zero-order valence-corrected chi connectivity index (χ0v) is 12.8. The van der Waals surface area contributed by atoms with Crippen molar-refractivity contribution in [3.8, 4) is 5.40 Å². The SMILES string of the molecule is F.F.F.N#CSNC(=N)N.[Cs]. The van der Waals surface area contributed by atoms with Gasteiger partial charge in [-0.3, -0.25) is 24.2 Å². The van der Waals surface area contributed by atoms with Crippen molar-refractivity contribution in [3.05, 3.63) is 0 Å². The van der Waals surface area contributed by atoms with E-state index in [4.69, 9.17) is 16.4 Å². The van der Waals surface area contributed by atoms with E-state index >= 15 is 0 Å². The Balaban J connectivity index is -0.0000000300. The molecular weight excluding hydrogens is 302 g/mol. The predicted molar refractivity (Wildman–Crippen MR) is 41.5 cm³/mol. The van der Waals surface area contributed by atoms with Gasteiger partial charge in [-0.2, -0.15) is 5.26 Å². The molecule has 0 atom stereocenters. The van der Waals surface area contributed by atoms with E-state index < -0.39 is 0 Å². The van der Waals surface area contributed by atoms with Gasteiger partial charge >= 0.3 is 0 Å². The van der Waals surface area contributed by atoms with Gasteiger partial charge in [-0.15, -0.1) is 0 Å². The van der Waals surface area contributed by atoms with Crippen molar-refractivity contribution in [1.29, 1.82) is 10.7 Å². The number of nitrogens with one attached hydrogen (secondary N) is 2. The van der Waals surface area contributed by atoms with E-state index in [1.807, 2.05) is 0 Å². The topological polar surface area (TPSA) is 85.7 Å². The number of guanidine groups is 1. The Kier molecular flexibility index (Phi) is 60.5. The molecular formula is C2H7CsF3N4S. The molecule has 0 unspecified atom stereocenters. The van der Waals surface area contributed by atoms with Gasteiger partial charge in [-0.05, 0) is 0 Å². The van der Waals surface area contributed by atoms with Gasteiger partial charge in [0.15, 0.2) is 11.4 Å². The summed E-state index contributed by atoms with van der Waals surface area (Å²) in [6, 6.07) is 0. The Bertz CT molecular complexity index is 116. The Morgan fingerprint density at radius 1 is 1.45 bits per heavy atom. The van der Waals surface area contributed by atoms with Crippen LogP contribution in [-0.4, -0.2) is 74.9 Å². The molecule has 0 aromatic heterocycles. The molecule has 63 valence electrons. The summed E-state index contributed by atoms with van der Waals surface area (Å²) in [5, 5.41) is 16.0. The Morgan fingerprint density at radius 3 is 1.91 bits per heavy atom. The molecule has 0 aromatic carbocycles. The molecule has 0 amide bonds. The van der Waals surface area contributed by atoms with Gasteiger partial charge in [0.1, 0.15) is 0 Å². The van der Waals surface area contributed by atoms with Crippen LogP contribution in [0.3, 0.4) is 0 Å². The smallest absolute Gasteiger partial charge is 0.196 e. The monoisotopic (exact) mass is 309 g/mol. The number of halogens is 3. The second-order valence-electron chi connectivity index (χ2n) is 0.709. The first-order valence-electron chi connectivity index (χ1n) is 1.42. The molecule has 0 heterocycles. The molecule has 0 aliphatic carbocycles. The molecule has 4 nitrogen and oxygen atoms in total. The van der Waals surface area contributed by atoms with Crippen LogP contribution in [-0.2, 0) is 0 Å². The van der Waals surface area contributed by atoms with Gasteiger partial charge in [-0.1, -0.05) is 0 Å². The van der Waals surface area contributed by atoms with Crippen molar-refractivity contribution in [2.45, 2.75) is 0 Å². The van der Waals surface area contributed by atoms with Crippen LogP contribution in [0.5, 0.6) is 0 Å². The van der Waals surface area contributed by atoms with Crippen LogP contribution in [0.1, 0.15) is 0 Å². The molecule has 0 bridgehead atoms. The molecule has 11 heavy (non-hydrogen) atoms. The third kappa shape index (κ3) is 35.8. The van der Waals surface area contributed by atoms with Crippen LogP contribution < -0.4 is 10.5 Å². The quantitative estimate of drug-likeness (QED) is 0.268. The summed E-state index contributed by atoms with van der Waals surface area (Å²) in [5.41, 5.74) is 4.78. The summed E-state index contributed by atoms with van der Waals surface area (Å²) in [4.78, 5) is 0. The number of nitriles is 1. The first-order valence-corrected chi connectivity index (χ1v) is 2.24.